The Kier molecular flexibility index (Phi) is 3.09. The van der Waals surface area contributed by atoms with Crippen molar-refractivity contribution in [3.63, 3.8) is 0 Å². The fraction of sp³-hybridized carbons (Fsp3) is 0.375. The van der Waals surface area contributed by atoms with Gasteiger partial charge in [-0.3, -0.25) is 0 Å². The minimum Gasteiger partial charge on any atom is -0.242 e. The lowest BCUT2D eigenvalue weighted by molar-refractivity contribution is 1.22. The molecule has 0 saturated carbocycles. The Bertz CT molecular complexity index is 252. The molecule has 0 bridgehead atoms. The molecule has 1 aromatic heterocycles. The first-order chi connectivity index (χ1) is 5.18. The van der Waals surface area contributed by atoms with Gasteiger partial charge in [-0.15, -0.1) is 22.9 Å². The zero-order valence-corrected chi connectivity index (χ0v) is 8.12. The first-order valence-electron chi connectivity index (χ1n) is 3.43. The van der Waals surface area contributed by atoms with Crippen molar-refractivity contribution in [2.24, 2.45) is 0 Å². The molecule has 1 nitrogen and oxygen atoms in total. The number of thiazole rings is 1. The Morgan fingerprint density at radius 2 is 2.45 bits per heavy atom. The summed E-state index contributed by atoms with van der Waals surface area (Å²) in [6.45, 7) is 3.91. The molecule has 1 unspecified atom stereocenters. The molecule has 0 aromatic carbocycles. The molecule has 0 radical (unpaired) electrons. The van der Waals surface area contributed by atoms with Crippen LogP contribution in [0, 0.1) is 6.92 Å². The summed E-state index contributed by atoms with van der Waals surface area (Å²) in [6, 6.07) is 0. The number of aromatic nitrogens is 1. The third-order valence-electron chi connectivity index (χ3n) is 1.14. The van der Waals surface area contributed by atoms with Crippen LogP contribution in [0.15, 0.2) is 11.5 Å². The van der Waals surface area contributed by atoms with Gasteiger partial charge in [-0.2, -0.15) is 0 Å². The van der Waals surface area contributed by atoms with Gasteiger partial charge in [-0.1, -0.05) is 6.08 Å². The lowest BCUT2D eigenvalue weighted by Crippen LogP contribution is -1.80. The number of halogens is 1. The van der Waals surface area contributed by atoms with Gasteiger partial charge >= 0.3 is 0 Å². The topological polar surface area (TPSA) is 12.9 Å². The van der Waals surface area contributed by atoms with Crippen LogP contribution >= 0.6 is 22.9 Å². The molecular weight excluding hydrogens is 178 g/mol. The van der Waals surface area contributed by atoms with Gasteiger partial charge in [0, 0.05) is 16.5 Å². The quantitative estimate of drug-likeness (QED) is 0.649. The number of allylic oxidation sites excluding steroid dienone is 1. The van der Waals surface area contributed by atoms with E-state index < -0.39 is 0 Å². The second-order valence-electron chi connectivity index (χ2n) is 2.36. The van der Waals surface area contributed by atoms with Crippen molar-refractivity contribution in [2.45, 2.75) is 19.2 Å². The molecule has 11 heavy (non-hydrogen) atoms. The van der Waals surface area contributed by atoms with E-state index in [1.807, 2.05) is 31.4 Å². The maximum atomic E-state index is 5.72. The summed E-state index contributed by atoms with van der Waals surface area (Å²) < 4.78 is 0. The van der Waals surface area contributed by atoms with Crippen LogP contribution in [0.4, 0.5) is 0 Å². The highest BCUT2D eigenvalue weighted by molar-refractivity contribution is 7.10. The van der Waals surface area contributed by atoms with Crippen LogP contribution in [0.25, 0.3) is 6.08 Å². The first kappa shape index (κ1) is 8.75. The Labute approximate surface area is 75.7 Å². The van der Waals surface area contributed by atoms with E-state index in [9.17, 15) is 0 Å². The van der Waals surface area contributed by atoms with E-state index in [1.165, 1.54) is 0 Å². The van der Waals surface area contributed by atoms with Gasteiger partial charge in [0.2, 0.25) is 0 Å². The lowest BCUT2D eigenvalue weighted by Gasteiger charge is -1.87. The van der Waals surface area contributed by atoms with Crippen LogP contribution in [0.3, 0.4) is 0 Å². The summed E-state index contributed by atoms with van der Waals surface area (Å²) in [7, 11) is 0. The largest absolute Gasteiger partial charge is 0.242 e. The average molecular weight is 188 g/mol. The predicted molar refractivity (Wildman–Crippen MR) is 51.2 cm³/mol. The van der Waals surface area contributed by atoms with E-state index in [1.54, 1.807) is 11.3 Å². The van der Waals surface area contributed by atoms with Crippen LogP contribution < -0.4 is 0 Å². The zero-order chi connectivity index (χ0) is 8.27. The molecular formula is C8H10ClNS. The molecule has 0 spiro atoms. The summed E-state index contributed by atoms with van der Waals surface area (Å²) in [5.41, 5.74) is 1.07. The van der Waals surface area contributed by atoms with Gasteiger partial charge in [0.15, 0.2) is 0 Å². The van der Waals surface area contributed by atoms with Gasteiger partial charge in [-0.25, -0.2) is 4.98 Å². The molecule has 0 aliphatic carbocycles. The number of hydrogen-bond donors (Lipinski definition) is 0. The van der Waals surface area contributed by atoms with E-state index in [-0.39, 0.29) is 5.38 Å². The van der Waals surface area contributed by atoms with Crippen molar-refractivity contribution in [3.8, 4) is 0 Å². The fourth-order valence-corrected chi connectivity index (χ4v) is 1.43. The van der Waals surface area contributed by atoms with E-state index in [4.69, 9.17) is 11.6 Å². The minimum atomic E-state index is 0.0826. The first-order valence-corrected chi connectivity index (χ1v) is 4.74. The van der Waals surface area contributed by atoms with Crippen LogP contribution in [0.5, 0.6) is 0 Å². The average Bonchev–Trinajstić information content (AvgIpc) is 2.31. The molecule has 1 heterocycles. The van der Waals surface area contributed by atoms with E-state index >= 15 is 0 Å². The molecule has 1 atom stereocenters. The number of alkyl halides is 1. The molecule has 0 saturated heterocycles. The normalized spacial score (nSPS) is 14.1. The molecule has 1 aromatic rings. The summed E-state index contributed by atoms with van der Waals surface area (Å²) in [6.07, 6.45) is 3.88. The third kappa shape index (κ3) is 3.04. The van der Waals surface area contributed by atoms with E-state index in [0.29, 0.717) is 0 Å². The molecule has 0 amide bonds. The number of rotatable bonds is 2. The van der Waals surface area contributed by atoms with E-state index in [0.717, 1.165) is 10.7 Å². The summed E-state index contributed by atoms with van der Waals surface area (Å²) >= 11 is 7.36. The van der Waals surface area contributed by atoms with Crippen molar-refractivity contribution in [1.82, 2.24) is 4.98 Å². The number of aryl methyl sites for hydroxylation is 1. The fourth-order valence-electron chi connectivity index (χ4n) is 0.664. The van der Waals surface area contributed by atoms with Gasteiger partial charge in [0.25, 0.3) is 0 Å². The molecule has 0 fully saturated rings. The lowest BCUT2D eigenvalue weighted by atomic mass is 10.4. The minimum absolute atomic E-state index is 0.0826. The van der Waals surface area contributed by atoms with Gasteiger partial charge in [0.05, 0.1) is 0 Å². The van der Waals surface area contributed by atoms with Crippen LogP contribution in [0.1, 0.15) is 17.6 Å². The third-order valence-corrected chi connectivity index (χ3v) is 2.21. The molecule has 0 aliphatic heterocycles. The zero-order valence-electron chi connectivity index (χ0n) is 6.54. The Morgan fingerprint density at radius 3 is 2.91 bits per heavy atom. The summed E-state index contributed by atoms with van der Waals surface area (Å²) in [5, 5.41) is 3.13. The smallest absolute Gasteiger partial charge is 0.116 e. The Balaban J connectivity index is 2.64. The van der Waals surface area contributed by atoms with Crippen molar-refractivity contribution >= 4 is 29.0 Å². The van der Waals surface area contributed by atoms with Gasteiger partial charge in [-0.05, 0) is 19.9 Å². The Morgan fingerprint density at radius 1 is 1.73 bits per heavy atom. The van der Waals surface area contributed by atoms with E-state index in [2.05, 4.69) is 4.98 Å². The maximum absolute atomic E-state index is 5.72. The number of hydrogen-bond acceptors (Lipinski definition) is 2. The maximum Gasteiger partial charge on any atom is 0.116 e. The van der Waals surface area contributed by atoms with Gasteiger partial charge in [0.1, 0.15) is 5.01 Å². The SMILES string of the molecule is Cc1csc(/C=C/C(C)Cl)n1. The van der Waals surface area contributed by atoms with Crippen LogP contribution in [-0.4, -0.2) is 10.4 Å². The van der Waals surface area contributed by atoms with Gasteiger partial charge < -0.3 is 0 Å². The second-order valence-corrected chi connectivity index (χ2v) is 3.94. The highest BCUT2D eigenvalue weighted by Crippen LogP contribution is 2.11. The molecule has 0 aliphatic rings. The monoisotopic (exact) mass is 187 g/mol. The molecule has 3 heteroatoms. The molecule has 60 valence electrons. The van der Waals surface area contributed by atoms with Crippen LogP contribution in [0.2, 0.25) is 0 Å². The predicted octanol–water partition coefficient (Wildman–Crippen LogP) is 3.09. The second kappa shape index (κ2) is 3.88. The number of nitrogens with zero attached hydrogens (tertiary/aromatic N) is 1. The summed E-state index contributed by atoms with van der Waals surface area (Å²) in [5.74, 6) is 0. The highest BCUT2D eigenvalue weighted by Gasteiger charge is 1.93. The molecule has 0 N–H and O–H groups in total. The summed E-state index contributed by atoms with van der Waals surface area (Å²) in [4.78, 5) is 4.26. The van der Waals surface area contributed by atoms with Crippen molar-refractivity contribution in [2.75, 3.05) is 0 Å². The van der Waals surface area contributed by atoms with Crippen molar-refractivity contribution in [3.05, 3.63) is 22.2 Å². The standard InChI is InChI=1S/C8H10ClNS/c1-6(9)3-4-8-10-7(2)5-11-8/h3-6H,1-2H3/b4-3+. The highest BCUT2D eigenvalue weighted by atomic mass is 35.5. The van der Waals surface area contributed by atoms with Crippen molar-refractivity contribution in [1.29, 1.82) is 0 Å². The van der Waals surface area contributed by atoms with Crippen LogP contribution in [-0.2, 0) is 0 Å². The van der Waals surface area contributed by atoms with Crippen molar-refractivity contribution < 1.29 is 0 Å². The Hall–Kier alpha value is -0.340. The molecule has 1 rings (SSSR count).